The molecule has 1 aliphatic rings. The Morgan fingerprint density at radius 2 is 2.19 bits per heavy atom. The minimum atomic E-state index is -0.348. The number of hydrogen-bond acceptors (Lipinski definition) is 5. The molecule has 1 aromatic heterocycles. The fourth-order valence-electron chi connectivity index (χ4n) is 1.92. The lowest BCUT2D eigenvalue weighted by Gasteiger charge is -2.14. The second-order valence-electron chi connectivity index (χ2n) is 4.45. The van der Waals surface area contributed by atoms with Gasteiger partial charge in [0, 0.05) is 12.3 Å². The van der Waals surface area contributed by atoms with Gasteiger partial charge < -0.3 is 4.74 Å². The molecule has 0 unspecified atom stereocenters. The van der Waals surface area contributed by atoms with Crippen molar-refractivity contribution in [3.8, 4) is 5.75 Å². The number of fused-ring (bicyclic) bond motifs is 1. The van der Waals surface area contributed by atoms with Gasteiger partial charge in [-0.05, 0) is 30.7 Å². The van der Waals surface area contributed by atoms with Gasteiger partial charge in [0.1, 0.15) is 11.6 Å². The van der Waals surface area contributed by atoms with E-state index in [-0.39, 0.29) is 18.3 Å². The van der Waals surface area contributed by atoms with E-state index >= 15 is 0 Å². The molecule has 8 heteroatoms. The highest BCUT2D eigenvalue weighted by Gasteiger charge is 2.17. The molecular weight excluding hydrogens is 295 g/mol. The lowest BCUT2D eigenvalue weighted by molar-refractivity contribution is -0.118. The Morgan fingerprint density at radius 1 is 1.38 bits per heavy atom. The van der Waals surface area contributed by atoms with Crippen molar-refractivity contribution < 1.29 is 13.9 Å². The summed E-state index contributed by atoms with van der Waals surface area (Å²) >= 11 is 1.62. The molecule has 0 aliphatic carbocycles. The number of benzene rings is 1. The van der Waals surface area contributed by atoms with Crippen LogP contribution in [0.25, 0.3) is 0 Å². The van der Waals surface area contributed by atoms with E-state index in [0.29, 0.717) is 11.7 Å². The highest BCUT2D eigenvalue weighted by molar-refractivity contribution is 7.99. The molecule has 1 N–H and O–H groups in total. The third-order valence-electron chi connectivity index (χ3n) is 2.91. The van der Waals surface area contributed by atoms with Crippen molar-refractivity contribution >= 4 is 23.6 Å². The van der Waals surface area contributed by atoms with Crippen molar-refractivity contribution in [1.82, 2.24) is 14.8 Å². The van der Waals surface area contributed by atoms with Gasteiger partial charge in [0.2, 0.25) is 5.95 Å². The molecule has 3 rings (SSSR count). The van der Waals surface area contributed by atoms with Gasteiger partial charge >= 0.3 is 0 Å². The molecule has 1 aliphatic heterocycles. The van der Waals surface area contributed by atoms with Crippen LogP contribution in [0.2, 0.25) is 0 Å². The fraction of sp³-hybridized carbons (Fsp3) is 0.308. The summed E-state index contributed by atoms with van der Waals surface area (Å²) in [5.74, 6) is 1.21. The molecule has 0 saturated heterocycles. The van der Waals surface area contributed by atoms with Gasteiger partial charge in [0.15, 0.2) is 11.8 Å². The minimum Gasteiger partial charge on any atom is -0.484 e. The summed E-state index contributed by atoms with van der Waals surface area (Å²) in [5, 5.41) is 11.5. The maximum Gasteiger partial charge on any atom is 0.264 e. The normalized spacial score (nSPS) is 13.6. The topological polar surface area (TPSA) is 69.0 Å². The van der Waals surface area contributed by atoms with E-state index in [1.54, 1.807) is 11.8 Å². The summed E-state index contributed by atoms with van der Waals surface area (Å²) in [6, 6.07) is 5.50. The number of rotatable bonds is 4. The molecule has 0 saturated carbocycles. The molecule has 1 amide bonds. The minimum absolute atomic E-state index is 0.166. The number of hydrogen-bond donors (Lipinski definition) is 1. The van der Waals surface area contributed by atoms with E-state index in [2.05, 4.69) is 15.5 Å². The van der Waals surface area contributed by atoms with Gasteiger partial charge in [-0.25, -0.2) is 4.39 Å². The SMILES string of the molecule is O=C(COc1ccc(F)cc1)Nc1nnc2n1CCCS2. The van der Waals surface area contributed by atoms with Crippen LogP contribution in [0.1, 0.15) is 6.42 Å². The predicted molar refractivity (Wildman–Crippen MR) is 75.9 cm³/mol. The summed E-state index contributed by atoms with van der Waals surface area (Å²) in [7, 11) is 0. The van der Waals surface area contributed by atoms with Crippen LogP contribution in [0.4, 0.5) is 10.3 Å². The van der Waals surface area contributed by atoms with Crippen LogP contribution in [0, 0.1) is 5.82 Å². The van der Waals surface area contributed by atoms with Gasteiger partial charge in [-0.2, -0.15) is 0 Å². The molecule has 110 valence electrons. The number of nitrogens with one attached hydrogen (secondary N) is 1. The third-order valence-corrected chi connectivity index (χ3v) is 3.96. The Balaban J connectivity index is 1.57. The molecule has 0 fully saturated rings. The molecule has 6 nitrogen and oxygen atoms in total. The summed E-state index contributed by atoms with van der Waals surface area (Å²) in [5.41, 5.74) is 0. The largest absolute Gasteiger partial charge is 0.484 e. The number of aromatic nitrogens is 3. The molecule has 0 atom stereocenters. The van der Waals surface area contributed by atoms with Gasteiger partial charge in [0.25, 0.3) is 5.91 Å². The molecule has 0 spiro atoms. The Bertz CT molecular complexity index is 644. The molecule has 2 aromatic rings. The smallest absolute Gasteiger partial charge is 0.264 e. The van der Waals surface area contributed by atoms with Gasteiger partial charge in [-0.1, -0.05) is 11.8 Å². The number of amides is 1. The highest BCUT2D eigenvalue weighted by Crippen LogP contribution is 2.25. The second-order valence-corrected chi connectivity index (χ2v) is 5.51. The van der Waals surface area contributed by atoms with Gasteiger partial charge in [0.05, 0.1) is 0 Å². The fourth-order valence-corrected chi connectivity index (χ4v) is 2.80. The molecular formula is C13H13FN4O2S. The first-order chi connectivity index (χ1) is 10.2. The number of anilines is 1. The Labute approximate surface area is 124 Å². The van der Waals surface area contributed by atoms with Crippen LogP contribution >= 0.6 is 11.8 Å². The first kappa shape index (κ1) is 13.9. The number of ether oxygens (including phenoxy) is 1. The van der Waals surface area contributed by atoms with Crippen molar-refractivity contribution in [3.05, 3.63) is 30.1 Å². The van der Waals surface area contributed by atoms with Crippen LogP contribution in [-0.2, 0) is 11.3 Å². The monoisotopic (exact) mass is 308 g/mol. The summed E-state index contributed by atoms with van der Waals surface area (Å²) < 4.78 is 19.9. The van der Waals surface area contributed by atoms with Crippen LogP contribution in [-0.4, -0.2) is 33.0 Å². The van der Waals surface area contributed by atoms with Crippen molar-refractivity contribution in [1.29, 1.82) is 0 Å². The van der Waals surface area contributed by atoms with Gasteiger partial charge in [-0.3, -0.25) is 14.7 Å². The maximum atomic E-state index is 12.7. The Morgan fingerprint density at radius 3 is 3.00 bits per heavy atom. The van der Waals surface area contributed by atoms with Gasteiger partial charge in [-0.15, -0.1) is 10.2 Å². The summed E-state index contributed by atoms with van der Waals surface area (Å²) in [6.45, 7) is 0.630. The van der Waals surface area contributed by atoms with E-state index in [1.807, 2.05) is 4.57 Å². The average molecular weight is 308 g/mol. The zero-order chi connectivity index (χ0) is 14.7. The lowest BCUT2D eigenvalue weighted by Crippen LogP contribution is -2.23. The predicted octanol–water partition coefficient (Wildman–Crippen LogP) is 1.93. The molecule has 1 aromatic carbocycles. The standard InChI is InChI=1S/C13H13FN4O2S/c14-9-2-4-10(5-3-9)20-8-11(19)15-12-16-17-13-18(12)6-1-7-21-13/h2-5H,1,6-8H2,(H,15,16,19). The Hall–Kier alpha value is -2.09. The first-order valence-corrected chi connectivity index (χ1v) is 7.45. The van der Waals surface area contributed by atoms with Crippen LogP contribution in [0.5, 0.6) is 5.75 Å². The van der Waals surface area contributed by atoms with Crippen molar-refractivity contribution in [2.75, 3.05) is 17.7 Å². The quantitative estimate of drug-likeness (QED) is 0.934. The molecule has 0 bridgehead atoms. The van der Waals surface area contributed by atoms with E-state index < -0.39 is 0 Å². The highest BCUT2D eigenvalue weighted by atomic mass is 32.2. The molecule has 0 radical (unpaired) electrons. The second kappa shape index (κ2) is 6.13. The average Bonchev–Trinajstić information content (AvgIpc) is 2.90. The van der Waals surface area contributed by atoms with E-state index in [9.17, 15) is 9.18 Å². The van der Waals surface area contributed by atoms with E-state index in [1.165, 1.54) is 24.3 Å². The van der Waals surface area contributed by atoms with Crippen LogP contribution < -0.4 is 10.1 Å². The number of carbonyl (C=O) groups excluding carboxylic acids is 1. The zero-order valence-corrected chi connectivity index (χ0v) is 11.9. The van der Waals surface area contributed by atoms with Crippen molar-refractivity contribution in [2.45, 2.75) is 18.1 Å². The summed E-state index contributed by atoms with van der Waals surface area (Å²) in [4.78, 5) is 11.8. The third kappa shape index (κ3) is 3.33. The zero-order valence-electron chi connectivity index (χ0n) is 11.1. The lowest BCUT2D eigenvalue weighted by atomic mass is 10.3. The van der Waals surface area contributed by atoms with Crippen LogP contribution in [0.3, 0.4) is 0 Å². The van der Waals surface area contributed by atoms with Crippen molar-refractivity contribution in [2.24, 2.45) is 0 Å². The van der Waals surface area contributed by atoms with Crippen LogP contribution in [0.15, 0.2) is 29.4 Å². The Kier molecular flexibility index (Phi) is 4.05. The molecule has 21 heavy (non-hydrogen) atoms. The van der Waals surface area contributed by atoms with E-state index in [0.717, 1.165) is 23.9 Å². The maximum absolute atomic E-state index is 12.7. The first-order valence-electron chi connectivity index (χ1n) is 6.46. The summed E-state index contributed by atoms with van der Waals surface area (Å²) in [6.07, 6.45) is 1.02. The van der Waals surface area contributed by atoms with Crippen molar-refractivity contribution in [3.63, 3.8) is 0 Å². The van der Waals surface area contributed by atoms with E-state index in [4.69, 9.17) is 4.74 Å². The molecule has 2 heterocycles. The number of thioether (sulfide) groups is 1. The number of nitrogens with zero attached hydrogens (tertiary/aromatic N) is 3. The number of halogens is 1. The number of carbonyl (C=O) groups is 1.